The van der Waals surface area contributed by atoms with Gasteiger partial charge < -0.3 is 5.73 Å². The fraction of sp³-hybridized carbons (Fsp3) is 0.538. The van der Waals surface area contributed by atoms with E-state index < -0.39 is 11.6 Å². The van der Waals surface area contributed by atoms with Crippen molar-refractivity contribution in [3.8, 4) is 0 Å². The molecule has 1 aromatic rings. The largest absolute Gasteiger partial charge is 0.326 e. The van der Waals surface area contributed by atoms with E-state index in [0.29, 0.717) is 5.56 Å². The first-order valence-electron chi connectivity index (χ1n) is 6.08. The zero-order valence-corrected chi connectivity index (χ0v) is 10.00. The van der Waals surface area contributed by atoms with Crippen LogP contribution in [0.3, 0.4) is 0 Å². The summed E-state index contributed by atoms with van der Waals surface area (Å²) in [5, 5.41) is 0. The third kappa shape index (κ3) is 2.33. The molecule has 1 aliphatic heterocycles. The van der Waals surface area contributed by atoms with Crippen LogP contribution in [0.5, 0.6) is 0 Å². The number of rotatable bonds is 3. The van der Waals surface area contributed by atoms with Gasteiger partial charge in [-0.25, -0.2) is 8.78 Å². The van der Waals surface area contributed by atoms with Crippen LogP contribution < -0.4 is 5.73 Å². The van der Waals surface area contributed by atoms with Gasteiger partial charge >= 0.3 is 0 Å². The molecule has 2 nitrogen and oxygen atoms in total. The maximum Gasteiger partial charge on any atom is 0.163 e. The predicted molar refractivity (Wildman–Crippen MR) is 63.6 cm³/mol. The Balaban J connectivity index is 2.33. The fourth-order valence-electron chi connectivity index (χ4n) is 2.60. The highest BCUT2D eigenvalue weighted by atomic mass is 19.2. The number of benzene rings is 1. The molecule has 1 saturated heterocycles. The first-order valence-corrected chi connectivity index (χ1v) is 6.08. The molecule has 94 valence electrons. The molecule has 2 rings (SSSR count). The van der Waals surface area contributed by atoms with Crippen molar-refractivity contribution >= 4 is 0 Å². The lowest BCUT2D eigenvalue weighted by atomic mass is 10.00. The van der Waals surface area contributed by atoms with Crippen LogP contribution >= 0.6 is 0 Å². The SMILES string of the molecule is CCCN1CCC(N)C1c1cccc(F)c1F. The Morgan fingerprint density at radius 3 is 2.88 bits per heavy atom. The Bertz CT molecular complexity index is 393. The molecule has 1 heterocycles. The van der Waals surface area contributed by atoms with E-state index >= 15 is 0 Å². The summed E-state index contributed by atoms with van der Waals surface area (Å²) in [5.41, 5.74) is 6.41. The van der Waals surface area contributed by atoms with Gasteiger partial charge in [0.25, 0.3) is 0 Å². The molecule has 2 atom stereocenters. The molecule has 0 amide bonds. The van der Waals surface area contributed by atoms with Gasteiger partial charge in [0, 0.05) is 18.2 Å². The Kier molecular flexibility index (Phi) is 3.74. The summed E-state index contributed by atoms with van der Waals surface area (Å²) in [6.07, 6.45) is 1.82. The second-order valence-corrected chi connectivity index (χ2v) is 4.58. The molecule has 2 unspecified atom stereocenters. The van der Waals surface area contributed by atoms with Gasteiger partial charge in [-0.2, -0.15) is 0 Å². The fourth-order valence-corrected chi connectivity index (χ4v) is 2.60. The maximum atomic E-state index is 13.8. The van der Waals surface area contributed by atoms with E-state index in [1.807, 2.05) is 0 Å². The summed E-state index contributed by atoms with van der Waals surface area (Å²) >= 11 is 0. The van der Waals surface area contributed by atoms with Crippen molar-refractivity contribution in [1.29, 1.82) is 0 Å². The third-order valence-electron chi connectivity index (χ3n) is 3.36. The molecule has 4 heteroatoms. The summed E-state index contributed by atoms with van der Waals surface area (Å²) in [6, 6.07) is 4.02. The van der Waals surface area contributed by atoms with Gasteiger partial charge in [-0.15, -0.1) is 0 Å². The highest BCUT2D eigenvalue weighted by Crippen LogP contribution is 2.33. The molecule has 0 spiro atoms. The van der Waals surface area contributed by atoms with E-state index in [0.717, 1.165) is 32.0 Å². The molecule has 0 saturated carbocycles. The summed E-state index contributed by atoms with van der Waals surface area (Å²) < 4.78 is 27.0. The highest BCUT2D eigenvalue weighted by Gasteiger charge is 2.34. The summed E-state index contributed by atoms with van der Waals surface area (Å²) in [5.74, 6) is -1.55. The van der Waals surface area contributed by atoms with Crippen molar-refractivity contribution in [1.82, 2.24) is 4.90 Å². The molecule has 2 N–H and O–H groups in total. The topological polar surface area (TPSA) is 29.3 Å². The monoisotopic (exact) mass is 240 g/mol. The zero-order valence-electron chi connectivity index (χ0n) is 10.00. The van der Waals surface area contributed by atoms with Crippen LogP contribution in [0, 0.1) is 11.6 Å². The van der Waals surface area contributed by atoms with E-state index in [1.165, 1.54) is 0 Å². The normalized spacial score (nSPS) is 25.4. The van der Waals surface area contributed by atoms with Crippen LogP contribution in [0.1, 0.15) is 31.4 Å². The number of nitrogens with zero attached hydrogens (tertiary/aromatic N) is 1. The van der Waals surface area contributed by atoms with E-state index in [2.05, 4.69) is 11.8 Å². The van der Waals surface area contributed by atoms with Crippen LogP contribution in [0.4, 0.5) is 8.78 Å². The molecule has 0 aromatic heterocycles. The molecule has 1 fully saturated rings. The lowest BCUT2D eigenvalue weighted by Gasteiger charge is -2.27. The van der Waals surface area contributed by atoms with Gasteiger partial charge in [0.1, 0.15) is 0 Å². The second kappa shape index (κ2) is 5.10. The van der Waals surface area contributed by atoms with Gasteiger partial charge in [0.2, 0.25) is 0 Å². The van der Waals surface area contributed by atoms with Gasteiger partial charge in [-0.05, 0) is 25.5 Å². The minimum absolute atomic E-state index is 0.113. The lowest BCUT2D eigenvalue weighted by Crippen LogP contribution is -2.33. The Morgan fingerprint density at radius 1 is 1.41 bits per heavy atom. The first-order chi connectivity index (χ1) is 8.15. The van der Waals surface area contributed by atoms with Crippen LogP contribution in [0.25, 0.3) is 0 Å². The van der Waals surface area contributed by atoms with Gasteiger partial charge in [-0.1, -0.05) is 19.1 Å². The summed E-state index contributed by atoms with van der Waals surface area (Å²) in [4.78, 5) is 2.14. The number of nitrogens with two attached hydrogens (primary N) is 1. The van der Waals surface area contributed by atoms with Crippen molar-refractivity contribution in [3.63, 3.8) is 0 Å². The predicted octanol–water partition coefficient (Wildman–Crippen LogP) is 2.45. The molecule has 1 aromatic carbocycles. The lowest BCUT2D eigenvalue weighted by molar-refractivity contribution is 0.241. The van der Waals surface area contributed by atoms with Crippen molar-refractivity contribution < 1.29 is 8.78 Å². The molecule has 0 bridgehead atoms. The van der Waals surface area contributed by atoms with E-state index in [9.17, 15) is 8.78 Å². The van der Waals surface area contributed by atoms with Crippen LogP contribution in [-0.2, 0) is 0 Å². The van der Waals surface area contributed by atoms with Crippen LogP contribution in [0.15, 0.2) is 18.2 Å². The van der Waals surface area contributed by atoms with Crippen molar-refractivity contribution in [2.24, 2.45) is 5.73 Å². The molecular formula is C13H18F2N2. The van der Waals surface area contributed by atoms with Crippen molar-refractivity contribution in [2.75, 3.05) is 13.1 Å². The van der Waals surface area contributed by atoms with E-state index in [-0.39, 0.29) is 12.1 Å². The standard InChI is InChI=1S/C13H18F2N2/c1-2-7-17-8-6-11(16)13(17)9-4-3-5-10(14)12(9)15/h3-5,11,13H,2,6-8,16H2,1H3. The average Bonchev–Trinajstić information content (AvgIpc) is 2.65. The van der Waals surface area contributed by atoms with Crippen molar-refractivity contribution in [2.45, 2.75) is 31.8 Å². The zero-order chi connectivity index (χ0) is 12.4. The molecular weight excluding hydrogens is 222 g/mol. The van der Waals surface area contributed by atoms with Crippen molar-refractivity contribution in [3.05, 3.63) is 35.4 Å². The second-order valence-electron chi connectivity index (χ2n) is 4.58. The third-order valence-corrected chi connectivity index (χ3v) is 3.36. The number of hydrogen-bond acceptors (Lipinski definition) is 2. The molecule has 17 heavy (non-hydrogen) atoms. The molecule has 0 radical (unpaired) electrons. The van der Waals surface area contributed by atoms with Gasteiger partial charge in [0.15, 0.2) is 11.6 Å². The first kappa shape index (κ1) is 12.5. The molecule has 0 aliphatic carbocycles. The Morgan fingerprint density at radius 2 is 2.18 bits per heavy atom. The maximum absolute atomic E-state index is 13.8. The number of halogens is 2. The Hall–Kier alpha value is -1.00. The number of hydrogen-bond donors (Lipinski definition) is 1. The minimum Gasteiger partial charge on any atom is -0.326 e. The highest BCUT2D eigenvalue weighted by molar-refractivity contribution is 5.25. The van der Waals surface area contributed by atoms with E-state index in [1.54, 1.807) is 12.1 Å². The van der Waals surface area contributed by atoms with Crippen LogP contribution in [-0.4, -0.2) is 24.0 Å². The van der Waals surface area contributed by atoms with Gasteiger partial charge in [0.05, 0.1) is 6.04 Å². The smallest absolute Gasteiger partial charge is 0.163 e. The minimum atomic E-state index is -0.793. The summed E-state index contributed by atoms with van der Waals surface area (Å²) in [6.45, 7) is 3.80. The summed E-state index contributed by atoms with van der Waals surface area (Å²) in [7, 11) is 0. The Labute approximate surface area is 100 Å². The van der Waals surface area contributed by atoms with Gasteiger partial charge in [-0.3, -0.25) is 4.90 Å². The number of likely N-dealkylation sites (tertiary alicyclic amines) is 1. The van der Waals surface area contributed by atoms with Crippen LogP contribution in [0.2, 0.25) is 0 Å². The van der Waals surface area contributed by atoms with E-state index in [4.69, 9.17) is 5.73 Å². The quantitative estimate of drug-likeness (QED) is 0.879. The average molecular weight is 240 g/mol. The molecule has 1 aliphatic rings.